The van der Waals surface area contributed by atoms with Gasteiger partial charge in [-0.25, -0.2) is 0 Å². The molecule has 19 heavy (non-hydrogen) atoms. The van der Waals surface area contributed by atoms with Crippen LogP contribution < -0.4 is 5.32 Å². The summed E-state index contributed by atoms with van der Waals surface area (Å²) in [6.07, 6.45) is 6.45. The molecule has 2 aromatic heterocycles. The highest BCUT2D eigenvalue weighted by molar-refractivity contribution is 7.42. The first kappa shape index (κ1) is 12.9. The number of carbonyl (C=O) groups excluding carboxylic acids is 1. The van der Waals surface area contributed by atoms with Gasteiger partial charge in [0.05, 0.1) is 6.20 Å². The first-order valence-corrected chi connectivity index (χ1v) is 7.03. The molecule has 2 heterocycles. The van der Waals surface area contributed by atoms with Crippen LogP contribution in [0.5, 0.6) is 0 Å². The predicted molar refractivity (Wildman–Crippen MR) is 69.7 cm³/mol. The third-order valence-corrected chi connectivity index (χ3v) is 3.46. The SMILES string of the molecule is C[P+](=O)n1cc(-c2ccncc2)cc1C(=O)NC#N. The monoisotopic (exact) mass is 273 g/mol. The average molecular weight is 273 g/mol. The second-order valence-corrected chi connectivity index (χ2v) is 5.08. The van der Waals surface area contributed by atoms with E-state index in [-0.39, 0.29) is 5.69 Å². The average Bonchev–Trinajstić information content (AvgIpc) is 2.85. The van der Waals surface area contributed by atoms with Gasteiger partial charge in [0, 0.05) is 18.0 Å². The number of aromatic nitrogens is 2. The lowest BCUT2D eigenvalue weighted by atomic mass is 10.1. The Bertz CT molecular complexity index is 673. The van der Waals surface area contributed by atoms with E-state index >= 15 is 0 Å². The number of hydrogen-bond donors (Lipinski definition) is 1. The van der Waals surface area contributed by atoms with Crippen LogP contribution in [0.4, 0.5) is 0 Å². The molecule has 1 unspecified atom stereocenters. The highest BCUT2D eigenvalue weighted by Crippen LogP contribution is 2.29. The molecule has 2 aromatic rings. The molecule has 0 radical (unpaired) electrons. The molecule has 1 N–H and O–H groups in total. The van der Waals surface area contributed by atoms with Crippen molar-refractivity contribution >= 4 is 13.9 Å². The molecule has 0 bridgehead atoms. The summed E-state index contributed by atoms with van der Waals surface area (Å²) in [7, 11) is -1.75. The number of rotatable bonds is 3. The van der Waals surface area contributed by atoms with Gasteiger partial charge >= 0.3 is 7.95 Å². The number of hydrogen-bond acceptors (Lipinski definition) is 4. The van der Waals surface area contributed by atoms with E-state index in [9.17, 15) is 9.36 Å². The molecule has 2 rings (SSSR count). The summed E-state index contributed by atoms with van der Waals surface area (Å²) in [6, 6.07) is 5.17. The zero-order chi connectivity index (χ0) is 13.8. The van der Waals surface area contributed by atoms with E-state index in [2.05, 4.69) is 4.98 Å². The van der Waals surface area contributed by atoms with E-state index in [1.165, 1.54) is 11.0 Å². The van der Waals surface area contributed by atoms with Crippen LogP contribution in [0.2, 0.25) is 0 Å². The van der Waals surface area contributed by atoms with Crippen molar-refractivity contribution in [3.63, 3.8) is 0 Å². The predicted octanol–water partition coefficient (Wildman–Crippen LogP) is 1.98. The highest BCUT2D eigenvalue weighted by atomic mass is 31.1. The second kappa shape index (κ2) is 5.42. The van der Waals surface area contributed by atoms with Crippen LogP contribution in [0.25, 0.3) is 11.1 Å². The molecule has 0 aliphatic heterocycles. The fourth-order valence-electron chi connectivity index (χ4n) is 1.67. The lowest BCUT2D eigenvalue weighted by Gasteiger charge is -1.93. The van der Waals surface area contributed by atoms with Crippen LogP contribution in [0, 0.1) is 11.5 Å². The quantitative estimate of drug-likeness (QED) is 0.526. The van der Waals surface area contributed by atoms with Gasteiger partial charge in [-0.2, -0.15) is 5.26 Å². The van der Waals surface area contributed by atoms with Gasteiger partial charge in [-0.3, -0.25) is 15.1 Å². The molecule has 1 atom stereocenters. The van der Waals surface area contributed by atoms with E-state index in [1.807, 2.05) is 5.32 Å². The Kier molecular flexibility index (Phi) is 3.69. The van der Waals surface area contributed by atoms with Gasteiger partial charge < -0.3 is 0 Å². The summed E-state index contributed by atoms with van der Waals surface area (Å²) >= 11 is 0. The molecular formula is C12H10N4O2P+. The largest absolute Gasteiger partial charge is 0.463 e. The van der Waals surface area contributed by atoms with Gasteiger partial charge in [-0.15, -0.1) is 4.34 Å². The molecule has 0 saturated heterocycles. The summed E-state index contributed by atoms with van der Waals surface area (Å²) in [4.78, 5) is 15.6. The van der Waals surface area contributed by atoms with Crippen molar-refractivity contribution in [1.29, 1.82) is 5.26 Å². The van der Waals surface area contributed by atoms with Crippen LogP contribution in [-0.2, 0) is 4.57 Å². The molecule has 0 spiro atoms. The van der Waals surface area contributed by atoms with E-state index in [1.54, 1.807) is 43.0 Å². The molecule has 0 saturated carbocycles. The Morgan fingerprint density at radius 3 is 2.68 bits per heavy atom. The Balaban J connectivity index is 2.50. The highest BCUT2D eigenvalue weighted by Gasteiger charge is 2.23. The molecule has 1 amide bonds. The van der Waals surface area contributed by atoms with E-state index in [4.69, 9.17) is 5.26 Å². The number of nitriles is 1. The van der Waals surface area contributed by atoms with E-state index < -0.39 is 13.9 Å². The van der Waals surface area contributed by atoms with Gasteiger partial charge in [0.2, 0.25) is 0 Å². The van der Waals surface area contributed by atoms with Crippen molar-refractivity contribution in [2.24, 2.45) is 0 Å². The fourth-order valence-corrected chi connectivity index (χ4v) is 2.41. The molecule has 0 aromatic carbocycles. The van der Waals surface area contributed by atoms with Crippen molar-refractivity contribution < 1.29 is 9.36 Å². The minimum atomic E-state index is -1.75. The Morgan fingerprint density at radius 1 is 1.42 bits per heavy atom. The van der Waals surface area contributed by atoms with Crippen LogP contribution in [0.15, 0.2) is 36.8 Å². The van der Waals surface area contributed by atoms with Gasteiger partial charge in [0.1, 0.15) is 0 Å². The van der Waals surface area contributed by atoms with Crippen molar-refractivity contribution in [3.8, 4) is 17.3 Å². The van der Waals surface area contributed by atoms with Crippen molar-refractivity contribution in [3.05, 3.63) is 42.5 Å². The summed E-state index contributed by atoms with van der Waals surface area (Å²) in [5.41, 5.74) is 1.80. The first-order valence-electron chi connectivity index (χ1n) is 5.37. The Hall–Kier alpha value is -2.51. The lowest BCUT2D eigenvalue weighted by Crippen LogP contribution is -2.19. The molecule has 0 fully saturated rings. The standard InChI is InChI=1S/C12H9N4O2P/c1-19(18)16-7-10(9-2-4-14-5-3-9)6-11(16)12(17)15-8-13/h2-7H,1H3/p+1. The lowest BCUT2D eigenvalue weighted by molar-refractivity contribution is 0.0967. The van der Waals surface area contributed by atoms with Crippen LogP contribution in [0.1, 0.15) is 10.5 Å². The molecule has 6 nitrogen and oxygen atoms in total. The van der Waals surface area contributed by atoms with Crippen molar-refractivity contribution in [2.75, 3.05) is 6.66 Å². The zero-order valence-electron chi connectivity index (χ0n) is 10.1. The third kappa shape index (κ3) is 2.67. The minimum absolute atomic E-state index is 0.192. The summed E-state index contributed by atoms with van der Waals surface area (Å²) in [5.74, 6) is -0.576. The van der Waals surface area contributed by atoms with Crippen LogP contribution in [0.3, 0.4) is 0 Å². The van der Waals surface area contributed by atoms with Gasteiger partial charge in [-0.05, 0) is 28.3 Å². The van der Waals surface area contributed by atoms with E-state index in [0.29, 0.717) is 0 Å². The van der Waals surface area contributed by atoms with Gasteiger partial charge in [0.25, 0.3) is 5.91 Å². The Labute approximate surface area is 110 Å². The van der Waals surface area contributed by atoms with Gasteiger partial charge in [-0.1, -0.05) is 0 Å². The molecule has 0 aliphatic rings. The topological polar surface area (TPSA) is 87.8 Å². The van der Waals surface area contributed by atoms with E-state index in [0.717, 1.165) is 11.1 Å². The van der Waals surface area contributed by atoms with Crippen molar-refractivity contribution in [1.82, 2.24) is 14.6 Å². The maximum Gasteiger partial charge on any atom is 0.463 e. The maximum atomic E-state index is 11.7. The summed E-state index contributed by atoms with van der Waals surface area (Å²) < 4.78 is 13.0. The number of nitrogens with one attached hydrogen (secondary N) is 1. The minimum Gasteiger partial charge on any atom is -0.266 e. The number of carbonyl (C=O) groups is 1. The number of amides is 1. The Morgan fingerprint density at radius 2 is 2.11 bits per heavy atom. The van der Waals surface area contributed by atoms with Crippen molar-refractivity contribution in [2.45, 2.75) is 0 Å². The fraction of sp³-hybridized carbons (Fsp3) is 0.0833. The molecule has 94 valence electrons. The van der Waals surface area contributed by atoms with Crippen LogP contribution in [-0.4, -0.2) is 21.9 Å². The first-order chi connectivity index (χ1) is 9.13. The molecular weight excluding hydrogens is 263 g/mol. The zero-order valence-corrected chi connectivity index (χ0v) is 11.0. The van der Waals surface area contributed by atoms with Gasteiger partial charge in [0.15, 0.2) is 18.6 Å². The second-order valence-electron chi connectivity index (χ2n) is 3.72. The smallest absolute Gasteiger partial charge is 0.266 e. The number of pyridine rings is 1. The molecule has 0 aliphatic carbocycles. The maximum absolute atomic E-state index is 11.7. The third-order valence-electron chi connectivity index (χ3n) is 2.52. The summed E-state index contributed by atoms with van der Waals surface area (Å²) in [6.45, 7) is 1.49. The molecule has 7 heteroatoms. The summed E-state index contributed by atoms with van der Waals surface area (Å²) in [5, 5.41) is 10.5. The normalized spacial score (nSPS) is 10.6. The number of nitrogens with zero attached hydrogens (tertiary/aromatic N) is 3. The van der Waals surface area contributed by atoms with Crippen LogP contribution >= 0.6 is 7.95 Å².